The monoisotopic (exact) mass is 280 g/mol. The van der Waals surface area contributed by atoms with Gasteiger partial charge in [0.15, 0.2) is 0 Å². The molecule has 19 heavy (non-hydrogen) atoms. The molecule has 0 aliphatic heterocycles. The van der Waals surface area contributed by atoms with Crippen LogP contribution in [-0.4, -0.2) is 5.11 Å². The van der Waals surface area contributed by atoms with Gasteiger partial charge in [-0.15, -0.1) is 11.3 Å². The van der Waals surface area contributed by atoms with Crippen LogP contribution in [0.2, 0.25) is 0 Å². The fourth-order valence-corrected chi connectivity index (χ4v) is 4.34. The predicted octanol–water partition coefficient (Wildman–Crippen LogP) is 5.30. The van der Waals surface area contributed by atoms with Crippen molar-refractivity contribution in [2.45, 2.75) is 71.8 Å². The maximum atomic E-state index is 10.8. The maximum absolute atomic E-state index is 10.8. The number of rotatable bonds is 2. The summed E-state index contributed by atoms with van der Waals surface area (Å²) in [6, 6.07) is 4.33. The van der Waals surface area contributed by atoms with Crippen molar-refractivity contribution in [1.82, 2.24) is 0 Å². The largest absolute Gasteiger partial charge is 0.387 e. The first-order valence-electron chi connectivity index (χ1n) is 7.50. The van der Waals surface area contributed by atoms with Gasteiger partial charge in [0.25, 0.3) is 0 Å². The van der Waals surface area contributed by atoms with Crippen molar-refractivity contribution < 1.29 is 5.11 Å². The lowest BCUT2D eigenvalue weighted by molar-refractivity contribution is 0.00589. The Balaban J connectivity index is 2.19. The van der Waals surface area contributed by atoms with Crippen molar-refractivity contribution in [2.24, 2.45) is 11.3 Å². The second kappa shape index (κ2) is 5.21. The highest BCUT2D eigenvalue weighted by Crippen LogP contribution is 2.48. The Morgan fingerprint density at radius 1 is 1.26 bits per heavy atom. The molecule has 0 aromatic carbocycles. The minimum atomic E-state index is -0.281. The summed E-state index contributed by atoms with van der Waals surface area (Å²) in [6.07, 6.45) is 4.70. The Bertz CT molecular complexity index is 425. The van der Waals surface area contributed by atoms with E-state index in [1.54, 1.807) is 11.3 Å². The zero-order valence-corrected chi connectivity index (χ0v) is 13.8. The standard InChI is InChI=1S/C17H28OS/c1-16(2,3)14-10-9-13(19-14)15(18)12-8-6-7-11-17(12,4)5/h9-10,12,15,18H,6-8,11H2,1-5H3. The molecule has 0 bridgehead atoms. The van der Waals surface area contributed by atoms with Crippen molar-refractivity contribution in [1.29, 1.82) is 0 Å². The summed E-state index contributed by atoms with van der Waals surface area (Å²) in [7, 11) is 0. The van der Waals surface area contributed by atoms with Gasteiger partial charge >= 0.3 is 0 Å². The number of hydrogen-bond donors (Lipinski definition) is 1. The van der Waals surface area contributed by atoms with E-state index in [2.05, 4.69) is 46.8 Å². The molecule has 1 heterocycles. The van der Waals surface area contributed by atoms with Gasteiger partial charge in [-0.1, -0.05) is 47.5 Å². The SMILES string of the molecule is CC(C)(C)c1ccc(C(O)C2CCCCC2(C)C)s1. The number of thiophene rings is 1. The van der Waals surface area contributed by atoms with E-state index in [1.165, 1.54) is 24.1 Å². The molecule has 0 amide bonds. The summed E-state index contributed by atoms with van der Waals surface area (Å²) in [5.41, 5.74) is 0.453. The van der Waals surface area contributed by atoms with E-state index < -0.39 is 0 Å². The highest BCUT2D eigenvalue weighted by atomic mass is 32.1. The second-order valence-electron chi connectivity index (χ2n) is 7.74. The van der Waals surface area contributed by atoms with Crippen molar-refractivity contribution in [3.8, 4) is 0 Å². The van der Waals surface area contributed by atoms with E-state index >= 15 is 0 Å². The van der Waals surface area contributed by atoms with Crippen LogP contribution in [0.4, 0.5) is 0 Å². The smallest absolute Gasteiger partial charge is 0.0915 e. The molecule has 2 rings (SSSR count). The summed E-state index contributed by atoms with van der Waals surface area (Å²) < 4.78 is 0. The Kier molecular flexibility index (Phi) is 4.13. The number of hydrogen-bond acceptors (Lipinski definition) is 2. The molecule has 1 aromatic heterocycles. The van der Waals surface area contributed by atoms with Gasteiger partial charge in [0, 0.05) is 9.75 Å². The van der Waals surface area contributed by atoms with E-state index in [4.69, 9.17) is 0 Å². The van der Waals surface area contributed by atoms with E-state index in [-0.39, 0.29) is 16.9 Å². The Hall–Kier alpha value is -0.340. The third kappa shape index (κ3) is 3.22. The Morgan fingerprint density at radius 3 is 2.47 bits per heavy atom. The van der Waals surface area contributed by atoms with Crippen LogP contribution in [-0.2, 0) is 5.41 Å². The molecular weight excluding hydrogens is 252 g/mol. The van der Waals surface area contributed by atoms with Gasteiger partial charge in [0.05, 0.1) is 6.10 Å². The normalized spacial score (nSPS) is 25.3. The molecule has 0 spiro atoms. The van der Waals surface area contributed by atoms with Crippen molar-refractivity contribution in [3.63, 3.8) is 0 Å². The number of aliphatic hydroxyl groups is 1. The lowest BCUT2D eigenvalue weighted by Gasteiger charge is -2.41. The highest BCUT2D eigenvalue weighted by molar-refractivity contribution is 7.12. The first kappa shape index (κ1) is 15.1. The topological polar surface area (TPSA) is 20.2 Å². The first-order chi connectivity index (χ1) is 8.72. The predicted molar refractivity (Wildman–Crippen MR) is 83.7 cm³/mol. The van der Waals surface area contributed by atoms with Crippen LogP contribution in [0.15, 0.2) is 12.1 Å². The zero-order chi connectivity index (χ0) is 14.3. The third-order valence-corrected chi connectivity index (χ3v) is 6.21. The third-order valence-electron chi connectivity index (χ3n) is 4.63. The van der Waals surface area contributed by atoms with Gasteiger partial charge in [0.1, 0.15) is 0 Å². The molecule has 0 radical (unpaired) electrons. The van der Waals surface area contributed by atoms with Crippen LogP contribution >= 0.6 is 11.3 Å². The molecule has 1 saturated carbocycles. The summed E-state index contributed by atoms with van der Waals surface area (Å²) in [6.45, 7) is 11.3. The van der Waals surface area contributed by atoms with Gasteiger partial charge in [-0.05, 0) is 41.7 Å². The molecule has 0 saturated heterocycles. The van der Waals surface area contributed by atoms with Crippen molar-refractivity contribution in [2.75, 3.05) is 0 Å². The van der Waals surface area contributed by atoms with Gasteiger partial charge in [-0.2, -0.15) is 0 Å². The van der Waals surface area contributed by atoms with Crippen LogP contribution in [0.1, 0.15) is 76.2 Å². The lowest BCUT2D eigenvalue weighted by atomic mass is 9.66. The molecular formula is C17H28OS. The molecule has 1 N–H and O–H groups in total. The van der Waals surface area contributed by atoms with Gasteiger partial charge in [0.2, 0.25) is 0 Å². The van der Waals surface area contributed by atoms with E-state index in [1.807, 2.05) is 0 Å². The van der Waals surface area contributed by atoms with E-state index in [0.717, 1.165) is 11.3 Å². The van der Waals surface area contributed by atoms with Gasteiger partial charge in [-0.3, -0.25) is 0 Å². The van der Waals surface area contributed by atoms with Crippen LogP contribution in [0, 0.1) is 11.3 Å². The zero-order valence-electron chi connectivity index (χ0n) is 13.0. The molecule has 1 aromatic rings. The van der Waals surface area contributed by atoms with Crippen LogP contribution < -0.4 is 0 Å². The summed E-state index contributed by atoms with van der Waals surface area (Å²) in [4.78, 5) is 2.53. The first-order valence-corrected chi connectivity index (χ1v) is 8.32. The minimum absolute atomic E-state index is 0.185. The minimum Gasteiger partial charge on any atom is -0.387 e. The van der Waals surface area contributed by atoms with Crippen molar-refractivity contribution in [3.05, 3.63) is 21.9 Å². The molecule has 1 nitrogen and oxygen atoms in total. The van der Waals surface area contributed by atoms with Gasteiger partial charge in [-0.25, -0.2) is 0 Å². The Morgan fingerprint density at radius 2 is 1.95 bits per heavy atom. The maximum Gasteiger partial charge on any atom is 0.0915 e. The average molecular weight is 280 g/mol. The molecule has 2 heteroatoms. The molecule has 1 aliphatic rings. The van der Waals surface area contributed by atoms with E-state index in [0.29, 0.717) is 5.92 Å². The molecule has 108 valence electrons. The average Bonchev–Trinajstić information content (AvgIpc) is 2.76. The molecule has 2 atom stereocenters. The van der Waals surface area contributed by atoms with Crippen LogP contribution in [0.25, 0.3) is 0 Å². The van der Waals surface area contributed by atoms with Crippen LogP contribution in [0.5, 0.6) is 0 Å². The van der Waals surface area contributed by atoms with Crippen molar-refractivity contribution >= 4 is 11.3 Å². The summed E-state index contributed by atoms with van der Waals surface area (Å²) in [5, 5.41) is 10.8. The fraction of sp³-hybridized carbons (Fsp3) is 0.765. The molecule has 1 fully saturated rings. The quantitative estimate of drug-likeness (QED) is 0.780. The lowest BCUT2D eigenvalue weighted by Crippen LogP contribution is -2.32. The second-order valence-corrected chi connectivity index (χ2v) is 8.85. The molecule has 2 unspecified atom stereocenters. The van der Waals surface area contributed by atoms with Gasteiger partial charge < -0.3 is 5.11 Å². The summed E-state index contributed by atoms with van der Waals surface area (Å²) in [5.74, 6) is 0.410. The van der Waals surface area contributed by atoms with Crippen LogP contribution in [0.3, 0.4) is 0 Å². The Labute approximate surface area is 122 Å². The molecule has 1 aliphatic carbocycles. The number of aliphatic hydroxyl groups excluding tert-OH is 1. The highest BCUT2D eigenvalue weighted by Gasteiger charge is 2.38. The fourth-order valence-electron chi connectivity index (χ4n) is 3.22. The van der Waals surface area contributed by atoms with E-state index in [9.17, 15) is 5.11 Å². The summed E-state index contributed by atoms with van der Waals surface area (Å²) >= 11 is 1.79.